The van der Waals surface area contributed by atoms with Gasteiger partial charge in [0, 0.05) is 24.6 Å². The molecule has 0 aliphatic rings. The summed E-state index contributed by atoms with van der Waals surface area (Å²) >= 11 is 6.04. The minimum absolute atomic E-state index is 0.633. The molecule has 0 unspecified atom stereocenters. The van der Waals surface area contributed by atoms with Crippen molar-refractivity contribution in [2.24, 2.45) is 0 Å². The molecule has 1 aromatic carbocycles. The number of pyridine rings is 1. The predicted molar refractivity (Wildman–Crippen MR) is 67.4 cm³/mol. The number of halogens is 1. The normalized spacial score (nSPS) is 10.1. The van der Waals surface area contributed by atoms with Crippen LogP contribution in [0.1, 0.15) is 5.56 Å². The summed E-state index contributed by atoms with van der Waals surface area (Å²) < 4.78 is 0. The first kappa shape index (κ1) is 10.8. The van der Waals surface area contributed by atoms with E-state index in [1.165, 1.54) is 0 Å². The van der Waals surface area contributed by atoms with Gasteiger partial charge in [0.05, 0.1) is 10.7 Å². The summed E-state index contributed by atoms with van der Waals surface area (Å²) in [6.07, 6.45) is 3.53. The van der Waals surface area contributed by atoms with Crippen LogP contribution in [0.2, 0.25) is 5.02 Å². The van der Waals surface area contributed by atoms with E-state index in [0.717, 1.165) is 11.3 Å². The number of nitrogens with two attached hydrogens (primary N) is 1. The van der Waals surface area contributed by atoms with Gasteiger partial charge in [0.2, 0.25) is 0 Å². The molecular weight excluding hydrogens is 222 g/mol. The number of anilines is 2. The average molecular weight is 234 g/mol. The molecule has 3 nitrogen and oxygen atoms in total. The van der Waals surface area contributed by atoms with Crippen molar-refractivity contribution in [3.63, 3.8) is 0 Å². The molecule has 0 radical (unpaired) electrons. The van der Waals surface area contributed by atoms with Gasteiger partial charge in [-0.25, -0.2) is 0 Å². The molecular formula is C12H12ClN3. The molecule has 2 rings (SSSR count). The first-order valence-electron chi connectivity index (χ1n) is 4.93. The van der Waals surface area contributed by atoms with Crippen LogP contribution >= 0.6 is 11.6 Å². The van der Waals surface area contributed by atoms with Gasteiger partial charge < -0.3 is 11.1 Å². The summed E-state index contributed by atoms with van der Waals surface area (Å²) in [6.45, 7) is 0.714. The Bertz CT molecular complexity index is 471. The van der Waals surface area contributed by atoms with Gasteiger partial charge in [-0.15, -0.1) is 0 Å². The van der Waals surface area contributed by atoms with Crippen LogP contribution in [-0.4, -0.2) is 4.98 Å². The summed E-state index contributed by atoms with van der Waals surface area (Å²) in [5, 5.41) is 3.87. The summed E-state index contributed by atoms with van der Waals surface area (Å²) in [7, 11) is 0. The van der Waals surface area contributed by atoms with Crippen LogP contribution in [0.5, 0.6) is 0 Å². The molecule has 4 heteroatoms. The molecule has 0 saturated heterocycles. The highest BCUT2D eigenvalue weighted by atomic mass is 35.5. The van der Waals surface area contributed by atoms with Crippen LogP contribution < -0.4 is 11.1 Å². The summed E-state index contributed by atoms with van der Waals surface area (Å²) in [5.41, 5.74) is 8.32. The molecule has 0 amide bonds. The second-order valence-electron chi connectivity index (χ2n) is 3.45. The fourth-order valence-corrected chi connectivity index (χ4v) is 1.63. The zero-order chi connectivity index (χ0) is 11.4. The Morgan fingerprint density at radius 2 is 1.94 bits per heavy atom. The highest BCUT2D eigenvalue weighted by molar-refractivity contribution is 6.33. The maximum atomic E-state index is 6.04. The summed E-state index contributed by atoms with van der Waals surface area (Å²) in [6, 6.07) is 9.34. The highest BCUT2D eigenvalue weighted by Crippen LogP contribution is 2.24. The van der Waals surface area contributed by atoms with E-state index in [9.17, 15) is 0 Å². The lowest BCUT2D eigenvalue weighted by Crippen LogP contribution is -2.00. The van der Waals surface area contributed by atoms with E-state index in [4.69, 9.17) is 17.3 Å². The average Bonchev–Trinajstić information content (AvgIpc) is 2.29. The Kier molecular flexibility index (Phi) is 3.27. The third-order valence-corrected chi connectivity index (χ3v) is 2.54. The molecule has 2 aromatic rings. The summed E-state index contributed by atoms with van der Waals surface area (Å²) in [5.74, 6) is 0. The molecule has 16 heavy (non-hydrogen) atoms. The number of nitrogens with zero attached hydrogens (tertiary/aromatic N) is 1. The Morgan fingerprint density at radius 3 is 2.62 bits per heavy atom. The minimum Gasteiger partial charge on any atom is -0.399 e. The molecule has 1 aromatic heterocycles. The number of aromatic nitrogens is 1. The van der Waals surface area contributed by atoms with Crippen molar-refractivity contribution in [1.29, 1.82) is 0 Å². The van der Waals surface area contributed by atoms with E-state index < -0.39 is 0 Å². The van der Waals surface area contributed by atoms with Gasteiger partial charge in [-0.05, 0) is 35.9 Å². The van der Waals surface area contributed by atoms with E-state index in [1.807, 2.05) is 24.3 Å². The largest absolute Gasteiger partial charge is 0.399 e. The van der Waals surface area contributed by atoms with Crippen LogP contribution in [0.3, 0.4) is 0 Å². The number of hydrogen-bond acceptors (Lipinski definition) is 3. The van der Waals surface area contributed by atoms with Crippen LogP contribution in [-0.2, 0) is 6.54 Å². The SMILES string of the molecule is Nc1ccc(NCc2ccncc2)c(Cl)c1. The van der Waals surface area contributed by atoms with Gasteiger partial charge in [0.1, 0.15) is 0 Å². The van der Waals surface area contributed by atoms with Crippen LogP contribution in [0.15, 0.2) is 42.7 Å². The topological polar surface area (TPSA) is 50.9 Å². The zero-order valence-corrected chi connectivity index (χ0v) is 9.41. The lowest BCUT2D eigenvalue weighted by atomic mass is 10.2. The minimum atomic E-state index is 0.633. The molecule has 0 aliphatic heterocycles. The fourth-order valence-electron chi connectivity index (χ4n) is 1.37. The first-order chi connectivity index (χ1) is 7.75. The van der Waals surface area contributed by atoms with Crippen LogP contribution in [0, 0.1) is 0 Å². The number of benzene rings is 1. The molecule has 0 bridgehead atoms. The molecule has 3 N–H and O–H groups in total. The monoisotopic (exact) mass is 233 g/mol. The lowest BCUT2D eigenvalue weighted by molar-refractivity contribution is 1.13. The van der Waals surface area contributed by atoms with Crippen molar-refractivity contribution in [2.75, 3.05) is 11.1 Å². The van der Waals surface area contributed by atoms with Crippen molar-refractivity contribution in [1.82, 2.24) is 4.98 Å². The van der Waals surface area contributed by atoms with Gasteiger partial charge in [-0.3, -0.25) is 4.98 Å². The second-order valence-corrected chi connectivity index (χ2v) is 3.86. The number of nitrogens with one attached hydrogen (secondary N) is 1. The third kappa shape index (κ3) is 2.64. The van der Waals surface area contributed by atoms with Gasteiger partial charge in [0.25, 0.3) is 0 Å². The Labute approximate surface area is 99.3 Å². The zero-order valence-electron chi connectivity index (χ0n) is 8.65. The Hall–Kier alpha value is -1.74. The van der Waals surface area contributed by atoms with E-state index in [0.29, 0.717) is 17.3 Å². The Morgan fingerprint density at radius 1 is 1.19 bits per heavy atom. The van der Waals surface area contributed by atoms with E-state index in [1.54, 1.807) is 18.5 Å². The molecule has 0 fully saturated rings. The fraction of sp³-hybridized carbons (Fsp3) is 0.0833. The van der Waals surface area contributed by atoms with E-state index in [2.05, 4.69) is 10.3 Å². The Balaban J connectivity index is 2.05. The standard InChI is InChI=1S/C12H12ClN3/c13-11-7-10(14)1-2-12(11)16-8-9-3-5-15-6-4-9/h1-7,16H,8,14H2. The second kappa shape index (κ2) is 4.86. The van der Waals surface area contributed by atoms with Crippen molar-refractivity contribution < 1.29 is 0 Å². The molecule has 0 atom stereocenters. The summed E-state index contributed by atoms with van der Waals surface area (Å²) in [4.78, 5) is 3.96. The van der Waals surface area contributed by atoms with Gasteiger partial charge in [-0.1, -0.05) is 11.6 Å². The van der Waals surface area contributed by atoms with E-state index in [-0.39, 0.29) is 0 Å². The maximum Gasteiger partial charge on any atom is 0.0658 e. The van der Waals surface area contributed by atoms with Crippen LogP contribution in [0.25, 0.3) is 0 Å². The van der Waals surface area contributed by atoms with Crippen molar-refractivity contribution in [2.45, 2.75) is 6.54 Å². The van der Waals surface area contributed by atoms with E-state index >= 15 is 0 Å². The van der Waals surface area contributed by atoms with Crippen LogP contribution in [0.4, 0.5) is 11.4 Å². The van der Waals surface area contributed by atoms with Crippen molar-refractivity contribution in [3.05, 3.63) is 53.3 Å². The molecule has 0 saturated carbocycles. The molecule has 0 aliphatic carbocycles. The quantitative estimate of drug-likeness (QED) is 0.802. The number of rotatable bonds is 3. The molecule has 1 heterocycles. The van der Waals surface area contributed by atoms with Gasteiger partial charge in [0.15, 0.2) is 0 Å². The van der Waals surface area contributed by atoms with Crippen molar-refractivity contribution in [3.8, 4) is 0 Å². The molecule has 82 valence electrons. The highest BCUT2D eigenvalue weighted by Gasteiger charge is 1.99. The number of nitrogen functional groups attached to an aromatic ring is 1. The van der Waals surface area contributed by atoms with Crippen molar-refractivity contribution >= 4 is 23.0 Å². The predicted octanol–water partition coefficient (Wildman–Crippen LogP) is 2.93. The van der Waals surface area contributed by atoms with Gasteiger partial charge >= 0.3 is 0 Å². The maximum absolute atomic E-state index is 6.04. The third-order valence-electron chi connectivity index (χ3n) is 2.23. The number of hydrogen-bond donors (Lipinski definition) is 2. The molecule has 0 spiro atoms. The first-order valence-corrected chi connectivity index (χ1v) is 5.31. The van der Waals surface area contributed by atoms with Gasteiger partial charge in [-0.2, -0.15) is 0 Å². The lowest BCUT2D eigenvalue weighted by Gasteiger charge is -2.08. The smallest absolute Gasteiger partial charge is 0.0658 e.